The number of H-pyrrole nitrogens is 2. The molecule has 7 heteroatoms. The van der Waals surface area contributed by atoms with Crippen LogP contribution in [0.3, 0.4) is 0 Å². The quantitative estimate of drug-likeness (QED) is 0.682. The van der Waals surface area contributed by atoms with Crippen LogP contribution in [0.4, 0.5) is 4.79 Å². The molecular weight excluding hydrogens is 318 g/mol. The standard InChI is InChI=1S/C18H21N5O2/c1-25-18(24)23-15(12-7-9-2-3-10(12)6-9)17-21-13-8-20-16-11(4-5-19-16)14(13)22-17/h4-5,8-10,12,15H,2-3,6-7H2,1H3,(H,19,20)(H,21,22)(H,23,24). The number of fused-ring (bicyclic) bond motifs is 5. The number of amides is 1. The Morgan fingerprint density at radius 2 is 2.32 bits per heavy atom. The highest BCUT2D eigenvalue weighted by Gasteiger charge is 2.45. The Labute approximate surface area is 144 Å². The molecule has 0 aliphatic heterocycles. The highest BCUT2D eigenvalue weighted by molar-refractivity contribution is 6.00. The Kier molecular flexibility index (Phi) is 3.23. The number of carbonyl (C=O) groups is 1. The van der Waals surface area contributed by atoms with E-state index < -0.39 is 6.09 Å². The van der Waals surface area contributed by atoms with Crippen LogP contribution in [-0.2, 0) is 4.74 Å². The van der Waals surface area contributed by atoms with E-state index in [2.05, 4.69) is 20.3 Å². The van der Waals surface area contributed by atoms with E-state index in [-0.39, 0.29) is 6.04 Å². The van der Waals surface area contributed by atoms with Gasteiger partial charge in [-0.05, 0) is 43.1 Å². The van der Waals surface area contributed by atoms with Crippen LogP contribution < -0.4 is 5.32 Å². The van der Waals surface area contributed by atoms with Gasteiger partial charge in [-0.2, -0.15) is 0 Å². The summed E-state index contributed by atoms with van der Waals surface area (Å²) < 4.78 is 4.86. The SMILES string of the molecule is COC(=O)NC(c1nc2cnc3[nH]ccc3c2[nH]1)C1CC2CCC1C2. The Morgan fingerprint density at radius 1 is 1.40 bits per heavy atom. The second-order valence-electron chi connectivity index (χ2n) is 7.33. The van der Waals surface area contributed by atoms with Crippen molar-refractivity contribution in [2.45, 2.75) is 31.7 Å². The first kappa shape index (κ1) is 14.7. The molecule has 4 unspecified atom stereocenters. The van der Waals surface area contributed by atoms with E-state index in [9.17, 15) is 4.79 Å². The van der Waals surface area contributed by atoms with Crippen molar-refractivity contribution in [3.05, 3.63) is 24.3 Å². The number of aromatic nitrogens is 4. The summed E-state index contributed by atoms with van der Waals surface area (Å²) in [5.74, 6) is 2.66. The van der Waals surface area contributed by atoms with E-state index in [0.29, 0.717) is 11.8 Å². The maximum absolute atomic E-state index is 12.0. The van der Waals surface area contributed by atoms with Crippen molar-refractivity contribution in [1.82, 2.24) is 25.3 Å². The predicted molar refractivity (Wildman–Crippen MR) is 93.0 cm³/mol. The van der Waals surface area contributed by atoms with Gasteiger partial charge in [0.25, 0.3) is 0 Å². The van der Waals surface area contributed by atoms with Gasteiger partial charge in [0.1, 0.15) is 17.0 Å². The topological polar surface area (TPSA) is 95.7 Å². The average molecular weight is 339 g/mol. The minimum Gasteiger partial charge on any atom is -0.453 e. The second-order valence-corrected chi connectivity index (χ2v) is 7.33. The Bertz CT molecular complexity index is 945. The lowest BCUT2D eigenvalue weighted by Crippen LogP contribution is -2.36. The van der Waals surface area contributed by atoms with Crippen LogP contribution in [0.1, 0.15) is 37.5 Å². The van der Waals surface area contributed by atoms with Gasteiger partial charge in [0, 0.05) is 11.6 Å². The summed E-state index contributed by atoms with van der Waals surface area (Å²) in [7, 11) is 1.40. The number of methoxy groups -OCH3 is 1. The second kappa shape index (κ2) is 5.47. The van der Waals surface area contributed by atoms with E-state index in [4.69, 9.17) is 9.72 Å². The first-order chi connectivity index (χ1) is 12.2. The molecule has 2 aliphatic carbocycles. The summed E-state index contributed by atoms with van der Waals surface area (Å²) in [4.78, 5) is 27.7. The molecule has 5 rings (SSSR count). The van der Waals surface area contributed by atoms with E-state index >= 15 is 0 Å². The maximum Gasteiger partial charge on any atom is 0.407 e. The molecule has 25 heavy (non-hydrogen) atoms. The van der Waals surface area contributed by atoms with Crippen molar-refractivity contribution < 1.29 is 9.53 Å². The number of hydrogen-bond acceptors (Lipinski definition) is 4. The van der Waals surface area contributed by atoms with Gasteiger partial charge in [-0.15, -0.1) is 0 Å². The largest absolute Gasteiger partial charge is 0.453 e. The van der Waals surface area contributed by atoms with Crippen molar-refractivity contribution in [1.29, 1.82) is 0 Å². The number of alkyl carbamates (subject to hydrolysis) is 1. The third-order valence-electron chi connectivity index (χ3n) is 6.03. The molecule has 2 saturated carbocycles. The highest BCUT2D eigenvalue weighted by Crippen LogP contribution is 2.52. The Balaban J connectivity index is 1.58. The molecule has 1 amide bonds. The molecule has 0 aromatic carbocycles. The number of aromatic amines is 2. The summed E-state index contributed by atoms with van der Waals surface area (Å²) in [6.45, 7) is 0. The fourth-order valence-corrected chi connectivity index (χ4v) is 4.91. The third kappa shape index (κ3) is 2.29. The first-order valence-electron chi connectivity index (χ1n) is 8.89. The molecule has 0 spiro atoms. The number of hydrogen-bond donors (Lipinski definition) is 3. The van der Waals surface area contributed by atoms with Crippen LogP contribution in [0.15, 0.2) is 18.5 Å². The lowest BCUT2D eigenvalue weighted by atomic mass is 9.83. The molecule has 0 radical (unpaired) electrons. The van der Waals surface area contributed by atoms with Gasteiger partial charge in [-0.3, -0.25) is 0 Å². The van der Waals surface area contributed by atoms with Crippen LogP contribution in [0.25, 0.3) is 22.1 Å². The Morgan fingerprint density at radius 3 is 3.08 bits per heavy atom. The Hall–Kier alpha value is -2.57. The third-order valence-corrected chi connectivity index (χ3v) is 6.03. The van der Waals surface area contributed by atoms with E-state index in [0.717, 1.165) is 40.2 Å². The van der Waals surface area contributed by atoms with Gasteiger partial charge in [0.2, 0.25) is 0 Å². The number of rotatable bonds is 3. The summed E-state index contributed by atoms with van der Waals surface area (Å²) in [6, 6.07) is 1.84. The molecule has 2 bridgehead atoms. The molecule has 0 saturated heterocycles. The zero-order chi connectivity index (χ0) is 17.0. The fraction of sp³-hybridized carbons (Fsp3) is 0.500. The number of nitrogens with zero attached hydrogens (tertiary/aromatic N) is 2. The van der Waals surface area contributed by atoms with Gasteiger partial charge >= 0.3 is 6.09 Å². The molecule has 7 nitrogen and oxygen atoms in total. The van der Waals surface area contributed by atoms with Crippen molar-refractivity contribution in [2.75, 3.05) is 7.11 Å². The van der Waals surface area contributed by atoms with Gasteiger partial charge < -0.3 is 20.0 Å². The highest BCUT2D eigenvalue weighted by atomic mass is 16.5. The van der Waals surface area contributed by atoms with Crippen LogP contribution >= 0.6 is 0 Å². The molecule has 3 aromatic rings. The molecule has 3 N–H and O–H groups in total. The summed E-state index contributed by atoms with van der Waals surface area (Å²) in [5, 5.41) is 4.04. The van der Waals surface area contributed by atoms with Crippen LogP contribution in [-0.4, -0.2) is 33.1 Å². The molecule has 4 atom stereocenters. The van der Waals surface area contributed by atoms with Crippen LogP contribution in [0.2, 0.25) is 0 Å². The number of nitrogens with one attached hydrogen (secondary N) is 3. The van der Waals surface area contributed by atoms with E-state index in [1.807, 2.05) is 12.3 Å². The zero-order valence-electron chi connectivity index (χ0n) is 14.1. The van der Waals surface area contributed by atoms with E-state index in [1.54, 1.807) is 6.20 Å². The average Bonchev–Trinajstić information content (AvgIpc) is 3.40. The predicted octanol–water partition coefficient (Wildman–Crippen LogP) is 3.27. The minimum atomic E-state index is -0.404. The number of carbonyl (C=O) groups excluding carboxylic acids is 1. The van der Waals surface area contributed by atoms with Gasteiger partial charge in [-0.1, -0.05) is 6.42 Å². The smallest absolute Gasteiger partial charge is 0.407 e. The van der Waals surface area contributed by atoms with Crippen molar-refractivity contribution in [2.24, 2.45) is 17.8 Å². The van der Waals surface area contributed by atoms with Crippen LogP contribution in [0, 0.1) is 17.8 Å². The summed E-state index contributed by atoms with van der Waals surface area (Å²) >= 11 is 0. The van der Waals surface area contributed by atoms with Crippen LogP contribution in [0.5, 0.6) is 0 Å². The lowest BCUT2D eigenvalue weighted by Gasteiger charge is -2.29. The minimum absolute atomic E-state index is 0.149. The summed E-state index contributed by atoms with van der Waals surface area (Å²) in [6.07, 6.45) is 8.22. The monoisotopic (exact) mass is 339 g/mol. The van der Waals surface area contributed by atoms with Gasteiger partial charge in [0.05, 0.1) is 24.9 Å². The molecule has 2 aliphatic rings. The number of ether oxygens (including phenoxy) is 1. The fourth-order valence-electron chi connectivity index (χ4n) is 4.91. The normalized spacial score (nSPS) is 26.4. The van der Waals surface area contributed by atoms with Gasteiger partial charge in [-0.25, -0.2) is 14.8 Å². The first-order valence-corrected chi connectivity index (χ1v) is 8.89. The van der Waals surface area contributed by atoms with Crippen molar-refractivity contribution >= 4 is 28.2 Å². The van der Waals surface area contributed by atoms with E-state index in [1.165, 1.54) is 26.4 Å². The molecular formula is C18H21N5O2. The molecule has 3 heterocycles. The maximum atomic E-state index is 12.0. The number of pyridine rings is 1. The van der Waals surface area contributed by atoms with Crippen molar-refractivity contribution in [3.8, 4) is 0 Å². The molecule has 2 fully saturated rings. The zero-order valence-corrected chi connectivity index (χ0v) is 14.1. The van der Waals surface area contributed by atoms with Gasteiger partial charge in [0.15, 0.2) is 0 Å². The van der Waals surface area contributed by atoms with Crippen molar-refractivity contribution in [3.63, 3.8) is 0 Å². The number of imidazole rings is 1. The summed E-state index contributed by atoms with van der Waals surface area (Å²) in [5.41, 5.74) is 2.61. The molecule has 130 valence electrons. The lowest BCUT2D eigenvalue weighted by molar-refractivity contribution is 0.153. The molecule has 3 aromatic heterocycles.